The summed E-state index contributed by atoms with van der Waals surface area (Å²) in [5.41, 5.74) is 9.99. The van der Waals surface area contributed by atoms with Crippen molar-refractivity contribution in [3.63, 3.8) is 0 Å². The van der Waals surface area contributed by atoms with Crippen LogP contribution in [0, 0.1) is 0 Å². The average Bonchev–Trinajstić information content (AvgIpc) is 3.81. The largest absolute Gasteiger partial charge is 0.478 e. The number of carboxylic acid groups (broad SMARTS) is 1. The fourth-order valence-electron chi connectivity index (χ4n) is 5.32. The van der Waals surface area contributed by atoms with Crippen LogP contribution < -0.4 is 16.0 Å². The van der Waals surface area contributed by atoms with Crippen LogP contribution in [0.1, 0.15) is 47.3 Å². The molecule has 18 nitrogen and oxygen atoms in total. The molecule has 0 unspecified atom stereocenters. The Bertz CT molecular complexity index is 1410. The Labute approximate surface area is 293 Å². The maximum absolute atomic E-state index is 12.0. The Balaban J connectivity index is 0.890. The molecule has 2 fully saturated rings. The summed E-state index contributed by atoms with van der Waals surface area (Å²) in [5.74, 6) is -0.152. The fraction of sp³-hybridized carbons (Fsp3) is 0.645. The van der Waals surface area contributed by atoms with Gasteiger partial charge >= 0.3 is 12.0 Å². The summed E-state index contributed by atoms with van der Waals surface area (Å²) in [6, 6.07) is 4.69. The summed E-state index contributed by atoms with van der Waals surface area (Å²) in [4.78, 5) is 37.5. The molecule has 274 valence electrons. The monoisotopic (exact) mass is 719 g/mol. The molecule has 0 radical (unpaired) electrons. The second-order valence-electron chi connectivity index (χ2n) is 11.5. The Hall–Kier alpha value is -3.97. The van der Waals surface area contributed by atoms with E-state index in [1.54, 1.807) is 16.9 Å². The van der Waals surface area contributed by atoms with E-state index in [1.807, 2.05) is 11.8 Å². The van der Waals surface area contributed by atoms with Gasteiger partial charge in [-0.1, -0.05) is 16.7 Å². The number of thioether (sulfide) groups is 1. The molecule has 2 aromatic rings. The number of ether oxygens (including phenoxy) is 5. The van der Waals surface area contributed by atoms with E-state index in [2.05, 4.69) is 36.3 Å². The molecule has 4 rings (SSSR count). The number of rotatable bonds is 26. The van der Waals surface area contributed by atoms with Crippen LogP contribution in [0.5, 0.6) is 0 Å². The summed E-state index contributed by atoms with van der Waals surface area (Å²) in [6.45, 7) is 4.67. The lowest BCUT2D eigenvalue weighted by atomic mass is 10.0. The molecule has 2 aliphatic heterocycles. The van der Waals surface area contributed by atoms with Gasteiger partial charge in [-0.2, -0.15) is 11.8 Å². The summed E-state index contributed by atoms with van der Waals surface area (Å²) < 4.78 is 29.3. The summed E-state index contributed by atoms with van der Waals surface area (Å²) in [5, 5.41) is 30.1. The minimum atomic E-state index is -1.13. The summed E-state index contributed by atoms with van der Waals surface area (Å²) >= 11 is 1.89. The zero-order chi connectivity index (χ0) is 35.4. The van der Waals surface area contributed by atoms with Crippen LogP contribution in [0.15, 0.2) is 29.5 Å². The number of carboxylic acids is 1. The zero-order valence-electron chi connectivity index (χ0n) is 27.9. The normalized spacial score (nSPS) is 17.9. The predicted octanol–water partition coefficient (Wildman–Crippen LogP) is 2.54. The number of unbranched alkanes of at least 4 members (excludes halogenated alkanes) is 1. The van der Waals surface area contributed by atoms with Gasteiger partial charge in [0.25, 0.3) is 0 Å². The van der Waals surface area contributed by atoms with E-state index < -0.39 is 5.97 Å². The molecule has 1 aromatic carbocycles. The molecule has 0 saturated carbocycles. The number of azide groups is 1. The van der Waals surface area contributed by atoms with Crippen molar-refractivity contribution in [3.8, 4) is 0 Å². The third-order valence-corrected chi connectivity index (χ3v) is 9.23. The van der Waals surface area contributed by atoms with Gasteiger partial charge < -0.3 is 44.7 Å². The Morgan fingerprint density at radius 3 is 2.48 bits per heavy atom. The van der Waals surface area contributed by atoms with Gasteiger partial charge in [0.15, 0.2) is 0 Å². The van der Waals surface area contributed by atoms with Gasteiger partial charge in [0.2, 0.25) is 5.91 Å². The topological polar surface area (TPSA) is 233 Å². The molecule has 1 aromatic heterocycles. The van der Waals surface area contributed by atoms with Gasteiger partial charge in [0.05, 0.1) is 96.5 Å². The van der Waals surface area contributed by atoms with Crippen LogP contribution in [0.25, 0.3) is 10.4 Å². The zero-order valence-corrected chi connectivity index (χ0v) is 28.7. The SMILES string of the molecule is [N-]=[N+]=Nc1cc(COCc2cn(CCOCCOCCOCCOCCNC(=O)CCCC[C@@H]3SC[C@@H]4NC(=O)N[C@@H]43)nn2)cc(C(=O)O)c1. The quantitative estimate of drug-likeness (QED) is 0.0361. The smallest absolute Gasteiger partial charge is 0.335 e. The van der Waals surface area contributed by atoms with Gasteiger partial charge in [0, 0.05) is 34.6 Å². The van der Waals surface area contributed by atoms with Crippen molar-refractivity contribution < 1.29 is 43.2 Å². The number of fused-ring (bicyclic) bond motifs is 1. The van der Waals surface area contributed by atoms with Crippen LogP contribution in [0.2, 0.25) is 0 Å². The maximum atomic E-state index is 12.0. The second kappa shape index (κ2) is 22.0. The van der Waals surface area contributed by atoms with Gasteiger partial charge in [-0.25, -0.2) is 14.3 Å². The molecule has 2 saturated heterocycles. The maximum Gasteiger partial charge on any atom is 0.335 e. The first-order chi connectivity index (χ1) is 24.4. The number of hydrogen-bond donors (Lipinski definition) is 4. The van der Waals surface area contributed by atoms with Crippen LogP contribution >= 0.6 is 11.8 Å². The minimum Gasteiger partial charge on any atom is -0.478 e. The first-order valence-corrected chi connectivity index (χ1v) is 17.6. The highest BCUT2D eigenvalue weighted by Gasteiger charge is 2.42. The van der Waals surface area contributed by atoms with Crippen molar-refractivity contribution >= 4 is 35.4 Å². The first kappa shape index (κ1) is 38.8. The molecule has 0 aliphatic carbocycles. The lowest BCUT2D eigenvalue weighted by Gasteiger charge is -2.16. The highest BCUT2D eigenvalue weighted by molar-refractivity contribution is 8.00. The number of aromatic carboxylic acids is 1. The third kappa shape index (κ3) is 14.1. The van der Waals surface area contributed by atoms with Gasteiger partial charge in [-0.3, -0.25) is 4.79 Å². The molecule has 19 heteroatoms. The van der Waals surface area contributed by atoms with E-state index in [1.165, 1.54) is 12.1 Å². The molecular weight excluding hydrogens is 674 g/mol. The molecule has 2 aliphatic rings. The van der Waals surface area contributed by atoms with Gasteiger partial charge in [-0.05, 0) is 42.1 Å². The number of hydrogen-bond acceptors (Lipinski definition) is 12. The lowest BCUT2D eigenvalue weighted by Crippen LogP contribution is -2.36. The van der Waals surface area contributed by atoms with E-state index >= 15 is 0 Å². The molecule has 3 amide bonds. The lowest BCUT2D eigenvalue weighted by molar-refractivity contribution is -0.121. The number of nitrogens with zero attached hydrogens (tertiary/aromatic N) is 6. The highest BCUT2D eigenvalue weighted by Crippen LogP contribution is 2.33. The Kier molecular flexibility index (Phi) is 17.1. The Morgan fingerprint density at radius 1 is 1.00 bits per heavy atom. The van der Waals surface area contributed by atoms with Crippen molar-refractivity contribution in [2.45, 2.75) is 62.8 Å². The number of amides is 3. The van der Waals surface area contributed by atoms with Crippen LogP contribution in [0.4, 0.5) is 10.5 Å². The molecule has 3 heterocycles. The molecule has 0 bridgehead atoms. The molecule has 3 atom stereocenters. The standard InChI is InChI=1S/C31H45N9O9S/c32-38-36-24-16-22(15-23(17-24)30(42)43)19-49-20-25-18-40(39-37-25)6-8-46-10-12-48-14-13-47-11-9-45-7-5-33-28(41)4-2-1-3-27-29-26(21-50-27)34-31(44)35-29/h15-18,26-27,29H,1-14,19-21H2,(H,33,41)(H,42,43)(H2,34,35,44)/t26-,27-,29-/m0/s1. The Morgan fingerprint density at radius 2 is 1.74 bits per heavy atom. The number of carbonyl (C=O) groups excluding carboxylic acids is 2. The molecule has 50 heavy (non-hydrogen) atoms. The predicted molar refractivity (Wildman–Crippen MR) is 181 cm³/mol. The molecule has 4 N–H and O–H groups in total. The van der Waals surface area contributed by atoms with Crippen LogP contribution in [0.3, 0.4) is 0 Å². The second-order valence-corrected chi connectivity index (χ2v) is 12.8. The van der Waals surface area contributed by atoms with Gasteiger partial charge in [-0.15, -0.1) is 5.10 Å². The van der Waals surface area contributed by atoms with Crippen molar-refractivity contribution in [2.75, 3.05) is 65.2 Å². The van der Waals surface area contributed by atoms with Crippen LogP contribution in [-0.2, 0) is 48.2 Å². The van der Waals surface area contributed by atoms with Crippen molar-refractivity contribution in [2.24, 2.45) is 5.11 Å². The number of carbonyl (C=O) groups is 3. The number of benzene rings is 1. The number of aromatic nitrogens is 3. The third-order valence-electron chi connectivity index (χ3n) is 7.72. The molecular formula is C31H45N9O9S. The van der Waals surface area contributed by atoms with Crippen molar-refractivity contribution in [1.29, 1.82) is 0 Å². The summed E-state index contributed by atoms with van der Waals surface area (Å²) in [6.07, 6.45) is 5.02. The van der Waals surface area contributed by atoms with E-state index in [0.717, 1.165) is 25.0 Å². The van der Waals surface area contributed by atoms with Crippen molar-refractivity contribution in [3.05, 3.63) is 51.7 Å². The summed E-state index contributed by atoms with van der Waals surface area (Å²) in [7, 11) is 0. The number of urea groups is 1. The highest BCUT2D eigenvalue weighted by atomic mass is 32.2. The minimum absolute atomic E-state index is 0.00649. The first-order valence-electron chi connectivity index (χ1n) is 16.6. The fourth-order valence-corrected chi connectivity index (χ4v) is 6.87. The average molecular weight is 720 g/mol. The van der Waals surface area contributed by atoms with Gasteiger partial charge in [0.1, 0.15) is 5.69 Å². The van der Waals surface area contributed by atoms with Crippen molar-refractivity contribution in [1.82, 2.24) is 30.9 Å². The molecule has 0 spiro atoms. The number of nitrogens with one attached hydrogen (secondary N) is 3. The van der Waals surface area contributed by atoms with E-state index in [4.69, 9.17) is 29.2 Å². The van der Waals surface area contributed by atoms with E-state index in [-0.39, 0.29) is 48.5 Å². The van der Waals surface area contributed by atoms with Crippen LogP contribution in [-0.4, -0.2) is 120 Å². The van der Waals surface area contributed by atoms with E-state index in [0.29, 0.717) is 88.9 Å². The van der Waals surface area contributed by atoms with E-state index in [9.17, 15) is 19.5 Å².